The van der Waals surface area contributed by atoms with E-state index < -0.39 is 0 Å². The Labute approximate surface area is 154 Å². The van der Waals surface area contributed by atoms with E-state index in [0.29, 0.717) is 6.54 Å². The number of carbonyl (C=O) groups excluding carboxylic acids is 1. The minimum atomic E-state index is 0.00646. The second-order valence-electron chi connectivity index (χ2n) is 7.11. The number of aromatic nitrogens is 1. The van der Waals surface area contributed by atoms with Gasteiger partial charge in [0, 0.05) is 47.5 Å². The van der Waals surface area contributed by atoms with Crippen LogP contribution in [0.25, 0.3) is 10.9 Å². The van der Waals surface area contributed by atoms with Crippen molar-refractivity contribution in [3.05, 3.63) is 64.8 Å². The molecule has 4 rings (SSSR count). The summed E-state index contributed by atoms with van der Waals surface area (Å²) in [5, 5.41) is 4.19. The molecule has 134 valence electrons. The molecule has 0 bridgehead atoms. The molecule has 0 unspecified atom stereocenters. The zero-order valence-electron chi connectivity index (χ0n) is 15.4. The van der Waals surface area contributed by atoms with Gasteiger partial charge in [-0.15, -0.1) is 0 Å². The number of aryl methyl sites for hydroxylation is 2. The van der Waals surface area contributed by atoms with Gasteiger partial charge >= 0.3 is 0 Å². The summed E-state index contributed by atoms with van der Waals surface area (Å²) in [5.74, 6) is 0.00646. The third kappa shape index (κ3) is 3.07. The molecule has 1 aliphatic rings. The fourth-order valence-corrected chi connectivity index (χ4v) is 3.82. The number of carbonyl (C=O) groups is 1. The van der Waals surface area contributed by atoms with Crippen LogP contribution in [0.15, 0.2) is 42.5 Å². The monoisotopic (exact) mass is 347 g/mol. The summed E-state index contributed by atoms with van der Waals surface area (Å²) in [7, 11) is 0. The minimum absolute atomic E-state index is 0.00646. The van der Waals surface area contributed by atoms with Crippen molar-refractivity contribution in [1.29, 1.82) is 0 Å². The van der Waals surface area contributed by atoms with Gasteiger partial charge in [-0.25, -0.2) is 0 Å². The van der Waals surface area contributed by atoms with Crippen LogP contribution in [0, 0.1) is 13.8 Å². The maximum atomic E-state index is 12.5. The summed E-state index contributed by atoms with van der Waals surface area (Å²) < 4.78 is 0. The van der Waals surface area contributed by atoms with Crippen molar-refractivity contribution in [3.8, 4) is 0 Å². The number of para-hydroxylation sites is 1. The molecule has 0 spiro atoms. The molecule has 0 fully saturated rings. The van der Waals surface area contributed by atoms with E-state index in [2.05, 4.69) is 53.3 Å². The summed E-state index contributed by atoms with van der Waals surface area (Å²) in [4.78, 5) is 18.2. The Bertz CT molecular complexity index is 957. The second kappa shape index (κ2) is 6.87. The average Bonchev–Trinajstić information content (AvgIpc) is 3.19. The highest BCUT2D eigenvalue weighted by Gasteiger charge is 2.17. The molecule has 0 atom stereocenters. The Morgan fingerprint density at radius 2 is 2.04 bits per heavy atom. The van der Waals surface area contributed by atoms with E-state index in [1.807, 2.05) is 18.2 Å². The molecule has 4 nitrogen and oxygen atoms in total. The third-order valence-corrected chi connectivity index (χ3v) is 5.44. The SMILES string of the molecule is Cc1[nH]c2ccc(C(=O)NCCCN3CCc4ccccc43)cc2c1C. The molecule has 3 aromatic rings. The van der Waals surface area contributed by atoms with Crippen LogP contribution in [-0.2, 0) is 6.42 Å². The Kier molecular flexibility index (Phi) is 4.41. The number of nitrogens with one attached hydrogen (secondary N) is 2. The van der Waals surface area contributed by atoms with Gasteiger partial charge in [-0.1, -0.05) is 18.2 Å². The van der Waals surface area contributed by atoms with Gasteiger partial charge in [0.1, 0.15) is 0 Å². The van der Waals surface area contributed by atoms with E-state index in [-0.39, 0.29) is 5.91 Å². The number of fused-ring (bicyclic) bond motifs is 2. The Morgan fingerprint density at radius 3 is 2.92 bits per heavy atom. The van der Waals surface area contributed by atoms with Gasteiger partial charge in [0.15, 0.2) is 0 Å². The van der Waals surface area contributed by atoms with E-state index in [0.717, 1.165) is 48.1 Å². The molecule has 0 saturated heterocycles. The first-order chi connectivity index (χ1) is 12.6. The fourth-order valence-electron chi connectivity index (χ4n) is 3.82. The highest BCUT2D eigenvalue weighted by molar-refractivity contribution is 5.99. The molecular weight excluding hydrogens is 322 g/mol. The number of H-pyrrole nitrogens is 1. The molecular formula is C22H25N3O. The molecule has 1 amide bonds. The maximum Gasteiger partial charge on any atom is 0.251 e. The van der Waals surface area contributed by atoms with Gasteiger partial charge < -0.3 is 15.2 Å². The van der Waals surface area contributed by atoms with Crippen molar-refractivity contribution >= 4 is 22.5 Å². The van der Waals surface area contributed by atoms with Crippen molar-refractivity contribution in [2.24, 2.45) is 0 Å². The first-order valence-electron chi connectivity index (χ1n) is 9.33. The number of aromatic amines is 1. The number of nitrogens with zero attached hydrogens (tertiary/aromatic N) is 1. The Hall–Kier alpha value is -2.75. The van der Waals surface area contributed by atoms with E-state index >= 15 is 0 Å². The normalized spacial score (nSPS) is 13.2. The van der Waals surface area contributed by atoms with E-state index in [9.17, 15) is 4.79 Å². The molecule has 0 aliphatic carbocycles. The molecule has 26 heavy (non-hydrogen) atoms. The number of amides is 1. The molecule has 0 saturated carbocycles. The van der Waals surface area contributed by atoms with Crippen molar-refractivity contribution in [3.63, 3.8) is 0 Å². The van der Waals surface area contributed by atoms with Crippen molar-refractivity contribution < 1.29 is 4.79 Å². The standard InChI is InChI=1S/C22H25N3O/c1-15-16(2)24-20-9-8-18(14-19(15)20)22(26)23-11-5-12-25-13-10-17-6-3-4-7-21(17)25/h3-4,6-9,14,24H,5,10-13H2,1-2H3,(H,23,26). The molecule has 1 aliphatic heterocycles. The molecule has 2 N–H and O–H groups in total. The van der Waals surface area contributed by atoms with Gasteiger partial charge in [0.05, 0.1) is 0 Å². The van der Waals surface area contributed by atoms with Gasteiger partial charge in [0.2, 0.25) is 0 Å². The summed E-state index contributed by atoms with van der Waals surface area (Å²) in [6.45, 7) is 6.90. The molecule has 1 aromatic heterocycles. The van der Waals surface area contributed by atoms with Gasteiger partial charge in [0.25, 0.3) is 5.91 Å². The van der Waals surface area contributed by atoms with Gasteiger partial charge in [-0.05, 0) is 62.1 Å². The van der Waals surface area contributed by atoms with E-state index in [4.69, 9.17) is 0 Å². The molecule has 2 heterocycles. The van der Waals surface area contributed by atoms with Gasteiger partial charge in [-0.2, -0.15) is 0 Å². The average molecular weight is 347 g/mol. The molecule has 4 heteroatoms. The summed E-state index contributed by atoms with van der Waals surface area (Å²) in [5.41, 5.74) is 6.96. The minimum Gasteiger partial charge on any atom is -0.371 e. The van der Waals surface area contributed by atoms with Crippen LogP contribution in [0.3, 0.4) is 0 Å². The van der Waals surface area contributed by atoms with Crippen LogP contribution in [0.4, 0.5) is 5.69 Å². The van der Waals surface area contributed by atoms with Crippen molar-refractivity contribution in [2.45, 2.75) is 26.7 Å². The highest BCUT2D eigenvalue weighted by Crippen LogP contribution is 2.27. The molecule has 2 aromatic carbocycles. The van der Waals surface area contributed by atoms with E-state index in [1.54, 1.807) is 0 Å². The smallest absolute Gasteiger partial charge is 0.251 e. The van der Waals surface area contributed by atoms with Crippen LogP contribution in [0.2, 0.25) is 0 Å². The van der Waals surface area contributed by atoms with Crippen LogP contribution in [0.1, 0.15) is 33.6 Å². The lowest BCUT2D eigenvalue weighted by Crippen LogP contribution is -2.29. The van der Waals surface area contributed by atoms with Crippen LogP contribution in [0.5, 0.6) is 0 Å². The third-order valence-electron chi connectivity index (χ3n) is 5.44. The number of benzene rings is 2. The zero-order valence-corrected chi connectivity index (χ0v) is 15.4. The summed E-state index contributed by atoms with van der Waals surface area (Å²) in [6, 6.07) is 14.5. The Balaban J connectivity index is 1.33. The topological polar surface area (TPSA) is 48.1 Å². The first kappa shape index (κ1) is 16.7. The lowest BCUT2D eigenvalue weighted by Gasteiger charge is -2.19. The quantitative estimate of drug-likeness (QED) is 0.686. The van der Waals surface area contributed by atoms with Crippen LogP contribution in [-0.4, -0.2) is 30.5 Å². The largest absolute Gasteiger partial charge is 0.371 e. The van der Waals surface area contributed by atoms with Crippen molar-refractivity contribution in [2.75, 3.05) is 24.5 Å². The summed E-state index contributed by atoms with van der Waals surface area (Å²) in [6.07, 6.45) is 2.07. The number of rotatable bonds is 5. The Morgan fingerprint density at radius 1 is 1.19 bits per heavy atom. The van der Waals surface area contributed by atoms with Crippen LogP contribution < -0.4 is 10.2 Å². The number of hydrogen-bond donors (Lipinski definition) is 2. The lowest BCUT2D eigenvalue weighted by molar-refractivity contribution is 0.0953. The maximum absolute atomic E-state index is 12.5. The van der Waals surface area contributed by atoms with Crippen LogP contribution >= 0.6 is 0 Å². The second-order valence-corrected chi connectivity index (χ2v) is 7.11. The summed E-state index contributed by atoms with van der Waals surface area (Å²) >= 11 is 0. The fraction of sp³-hybridized carbons (Fsp3) is 0.318. The zero-order chi connectivity index (χ0) is 18.1. The lowest BCUT2D eigenvalue weighted by atomic mass is 10.1. The predicted molar refractivity (Wildman–Crippen MR) is 107 cm³/mol. The van der Waals surface area contributed by atoms with Crippen molar-refractivity contribution in [1.82, 2.24) is 10.3 Å². The number of hydrogen-bond acceptors (Lipinski definition) is 2. The van der Waals surface area contributed by atoms with E-state index in [1.165, 1.54) is 16.8 Å². The number of anilines is 1. The van der Waals surface area contributed by atoms with Gasteiger partial charge in [-0.3, -0.25) is 4.79 Å². The highest BCUT2D eigenvalue weighted by atomic mass is 16.1. The first-order valence-corrected chi connectivity index (χ1v) is 9.33. The predicted octanol–water partition coefficient (Wildman–Crippen LogP) is 3.97. The molecule has 0 radical (unpaired) electrons.